The molecular weight excluding hydrogens is 503 g/mol. The molecule has 39 heavy (non-hydrogen) atoms. The second-order valence-electron chi connectivity index (χ2n) is 9.35. The van der Waals surface area contributed by atoms with Gasteiger partial charge >= 0.3 is 5.76 Å². The fourth-order valence-corrected chi connectivity index (χ4v) is 5.12. The van der Waals surface area contributed by atoms with Gasteiger partial charge in [0.2, 0.25) is 0 Å². The van der Waals surface area contributed by atoms with E-state index in [0.717, 1.165) is 44.7 Å². The number of aromatic amines is 1. The number of benzene rings is 3. The van der Waals surface area contributed by atoms with Crippen molar-refractivity contribution < 1.29 is 23.5 Å². The van der Waals surface area contributed by atoms with Gasteiger partial charge < -0.3 is 19.1 Å². The van der Waals surface area contributed by atoms with Gasteiger partial charge in [-0.3, -0.25) is 9.51 Å². The molecule has 0 fully saturated rings. The third kappa shape index (κ3) is 4.43. The third-order valence-corrected chi connectivity index (χ3v) is 6.93. The van der Waals surface area contributed by atoms with Gasteiger partial charge in [0, 0.05) is 36.4 Å². The number of aliphatic hydroxyl groups is 1. The molecule has 0 atom stereocenters. The Labute approximate surface area is 222 Å². The Morgan fingerprint density at radius 2 is 2.03 bits per heavy atom. The van der Waals surface area contributed by atoms with Crippen LogP contribution in [0.3, 0.4) is 0 Å². The molecule has 0 spiro atoms. The number of ether oxygens (including phenoxy) is 2. The van der Waals surface area contributed by atoms with Crippen molar-refractivity contribution >= 4 is 22.2 Å². The molecule has 198 valence electrons. The second kappa shape index (κ2) is 9.97. The largest absolute Gasteiger partial charge is 0.488 e. The molecule has 9 nitrogen and oxygen atoms in total. The number of halogens is 1. The van der Waals surface area contributed by atoms with Crippen LogP contribution in [0.1, 0.15) is 46.4 Å². The Balaban J connectivity index is 1.48. The summed E-state index contributed by atoms with van der Waals surface area (Å²) in [7, 11) is 1.62. The number of aromatic nitrogens is 4. The van der Waals surface area contributed by atoms with Crippen LogP contribution >= 0.6 is 0 Å². The number of nitrogens with zero attached hydrogens (tertiary/aromatic N) is 3. The summed E-state index contributed by atoms with van der Waals surface area (Å²) in [6.07, 6.45) is 0. The molecule has 0 saturated heterocycles. The van der Waals surface area contributed by atoms with Crippen molar-refractivity contribution in [2.24, 2.45) is 0 Å². The maximum absolute atomic E-state index is 14.2. The molecule has 0 amide bonds. The van der Waals surface area contributed by atoms with Gasteiger partial charge in [0.15, 0.2) is 5.82 Å². The van der Waals surface area contributed by atoms with Gasteiger partial charge in [-0.05, 0) is 53.5 Å². The molecule has 6 rings (SSSR count). The van der Waals surface area contributed by atoms with Crippen molar-refractivity contribution in [2.75, 3.05) is 7.11 Å². The van der Waals surface area contributed by atoms with E-state index in [2.05, 4.69) is 20.8 Å². The average molecular weight is 529 g/mol. The van der Waals surface area contributed by atoms with E-state index < -0.39 is 11.6 Å². The molecule has 3 heterocycles. The van der Waals surface area contributed by atoms with E-state index in [1.807, 2.05) is 37.3 Å². The number of fused-ring (bicyclic) bond motifs is 3. The topological polar surface area (TPSA) is 115 Å². The van der Waals surface area contributed by atoms with Gasteiger partial charge in [-0.25, -0.2) is 14.2 Å². The van der Waals surface area contributed by atoms with E-state index >= 15 is 0 Å². The van der Waals surface area contributed by atoms with E-state index in [4.69, 9.17) is 19.0 Å². The minimum absolute atomic E-state index is 0.108. The number of allylic oxidation sites excluding steroid dienone is 1. The number of para-hydroxylation sites is 1. The van der Waals surface area contributed by atoms with E-state index in [1.54, 1.807) is 13.2 Å². The lowest BCUT2D eigenvalue weighted by molar-refractivity contribution is 0.175. The number of nitrogens with one attached hydrogen (secondary N) is 1. The number of methoxy groups -OCH3 is 1. The Morgan fingerprint density at radius 1 is 1.18 bits per heavy atom. The summed E-state index contributed by atoms with van der Waals surface area (Å²) in [5.74, 6) is 0.359. The normalized spacial score (nSPS) is 14.1. The van der Waals surface area contributed by atoms with Crippen LogP contribution < -0.4 is 10.5 Å². The van der Waals surface area contributed by atoms with E-state index in [0.29, 0.717) is 30.0 Å². The van der Waals surface area contributed by atoms with Gasteiger partial charge in [-0.15, -0.1) is 0 Å². The van der Waals surface area contributed by atoms with E-state index in [-0.39, 0.29) is 19.0 Å². The highest BCUT2D eigenvalue weighted by Gasteiger charge is 2.24. The first-order valence-electron chi connectivity index (χ1n) is 12.4. The molecule has 0 unspecified atom stereocenters. The Kier molecular flexibility index (Phi) is 6.34. The first kappa shape index (κ1) is 24.8. The lowest BCUT2D eigenvalue weighted by Crippen LogP contribution is -2.07. The summed E-state index contributed by atoms with van der Waals surface area (Å²) in [5, 5.41) is 13.7. The molecule has 2 N–H and O–H groups in total. The summed E-state index contributed by atoms with van der Waals surface area (Å²) in [4.78, 5) is 19.0. The van der Waals surface area contributed by atoms with E-state index in [9.17, 15) is 14.3 Å². The molecule has 3 aromatic carbocycles. The first-order chi connectivity index (χ1) is 19.0. The van der Waals surface area contributed by atoms with Gasteiger partial charge in [0.1, 0.15) is 30.6 Å². The van der Waals surface area contributed by atoms with Crippen LogP contribution in [0.15, 0.2) is 63.9 Å². The van der Waals surface area contributed by atoms with Crippen molar-refractivity contribution in [3.05, 3.63) is 110 Å². The van der Waals surface area contributed by atoms with Gasteiger partial charge in [-0.1, -0.05) is 29.4 Å². The van der Waals surface area contributed by atoms with Crippen molar-refractivity contribution in [1.29, 1.82) is 0 Å². The lowest BCUT2D eigenvalue weighted by Gasteiger charge is -2.15. The molecular formula is C29H25FN4O5. The highest BCUT2D eigenvalue weighted by Crippen LogP contribution is 2.41. The minimum Gasteiger partial charge on any atom is -0.488 e. The van der Waals surface area contributed by atoms with Crippen LogP contribution in [0.4, 0.5) is 4.39 Å². The zero-order valence-electron chi connectivity index (χ0n) is 21.3. The zero-order chi connectivity index (χ0) is 27.1. The summed E-state index contributed by atoms with van der Waals surface area (Å²) in [6, 6.07) is 16.2. The molecule has 1 aliphatic heterocycles. The number of aliphatic hydroxyl groups excluding tert-OH is 1. The number of hydrogen-bond acceptors (Lipinski definition) is 7. The summed E-state index contributed by atoms with van der Waals surface area (Å²) in [5.41, 5.74) is 7.25. The van der Waals surface area contributed by atoms with Crippen LogP contribution in [0, 0.1) is 5.82 Å². The molecule has 1 aliphatic rings. The smallest absolute Gasteiger partial charge is 0.439 e. The zero-order valence-corrected chi connectivity index (χ0v) is 21.3. The number of imidazole rings is 1. The standard InChI is InChI=1S/C29H25FN4O5/c1-16(28-32-29(36)39-33-28)26-21-8-6-17(10-19(21)14-38-24-11-20(30)7-9-22(24)26)12-34-23-5-3-4-18(13-35)27(23)31-25(34)15-37-2/h3-11,35H,12-15H2,1-2H3,(H,32,33,36). The number of rotatable bonds is 6. The predicted molar refractivity (Wildman–Crippen MR) is 141 cm³/mol. The Morgan fingerprint density at radius 3 is 2.79 bits per heavy atom. The molecule has 0 bridgehead atoms. The van der Waals surface area contributed by atoms with Crippen LogP contribution in [-0.2, 0) is 31.1 Å². The fraction of sp³-hybridized carbons (Fsp3) is 0.207. The minimum atomic E-state index is -0.659. The lowest BCUT2D eigenvalue weighted by atomic mass is 9.89. The number of hydrogen-bond donors (Lipinski definition) is 2. The van der Waals surface area contributed by atoms with Crippen LogP contribution in [0.25, 0.3) is 22.2 Å². The Bertz CT molecular complexity index is 1800. The average Bonchev–Trinajstić information content (AvgIpc) is 3.48. The first-order valence-corrected chi connectivity index (χ1v) is 12.4. The third-order valence-electron chi connectivity index (χ3n) is 6.93. The summed E-state index contributed by atoms with van der Waals surface area (Å²) < 4.78 is 32.5. The monoisotopic (exact) mass is 528 g/mol. The fourth-order valence-electron chi connectivity index (χ4n) is 5.12. The molecule has 0 saturated carbocycles. The van der Waals surface area contributed by atoms with Crippen molar-refractivity contribution in [3.8, 4) is 5.75 Å². The second-order valence-corrected chi connectivity index (χ2v) is 9.35. The molecule has 0 radical (unpaired) electrons. The van der Waals surface area contributed by atoms with Gasteiger partial charge in [-0.2, -0.15) is 0 Å². The van der Waals surface area contributed by atoms with Gasteiger partial charge in [0.05, 0.1) is 17.6 Å². The highest BCUT2D eigenvalue weighted by molar-refractivity contribution is 5.99. The van der Waals surface area contributed by atoms with E-state index in [1.165, 1.54) is 12.1 Å². The summed E-state index contributed by atoms with van der Waals surface area (Å²) >= 11 is 0. The predicted octanol–water partition coefficient (Wildman–Crippen LogP) is 4.41. The van der Waals surface area contributed by atoms with Crippen LogP contribution in [-0.4, -0.2) is 31.9 Å². The van der Waals surface area contributed by atoms with Crippen LogP contribution in [0.2, 0.25) is 0 Å². The van der Waals surface area contributed by atoms with Crippen molar-refractivity contribution in [1.82, 2.24) is 19.7 Å². The molecule has 0 aliphatic carbocycles. The Hall–Kier alpha value is -4.54. The quantitative estimate of drug-likeness (QED) is 0.335. The molecule has 2 aromatic heterocycles. The van der Waals surface area contributed by atoms with Crippen molar-refractivity contribution in [2.45, 2.75) is 33.3 Å². The maximum atomic E-state index is 14.2. The summed E-state index contributed by atoms with van der Waals surface area (Å²) in [6.45, 7) is 2.76. The van der Waals surface area contributed by atoms with Crippen molar-refractivity contribution in [3.63, 3.8) is 0 Å². The SMILES string of the molecule is COCc1nc2c(CO)cccc2n1Cc1ccc2c(c1)COc1cc(F)ccc1C2=C(C)c1noc(=O)[nH]1. The molecule has 10 heteroatoms. The van der Waals surface area contributed by atoms with Crippen LogP contribution in [0.5, 0.6) is 5.75 Å². The maximum Gasteiger partial charge on any atom is 0.439 e. The molecule has 5 aromatic rings. The number of H-pyrrole nitrogens is 1. The van der Waals surface area contributed by atoms with Gasteiger partial charge in [0.25, 0.3) is 0 Å². The highest BCUT2D eigenvalue weighted by atomic mass is 19.1.